The van der Waals surface area contributed by atoms with Crippen molar-refractivity contribution in [2.75, 3.05) is 17.2 Å². The van der Waals surface area contributed by atoms with Crippen LogP contribution in [0.2, 0.25) is 0 Å². The normalized spacial score (nSPS) is 20.0. The maximum Gasteiger partial charge on any atom is 0.229 e. The minimum atomic E-state index is -0.00443. The van der Waals surface area contributed by atoms with E-state index in [4.69, 9.17) is 0 Å². The fourth-order valence-corrected chi connectivity index (χ4v) is 2.08. The highest BCUT2D eigenvalue weighted by Gasteiger charge is 2.25. The molecule has 0 saturated carbocycles. The maximum atomic E-state index is 11.8. The molecule has 2 rings (SSSR count). The van der Waals surface area contributed by atoms with Crippen LogP contribution in [0.4, 0.5) is 11.4 Å². The number of hydrogen-bond acceptors (Lipinski definition) is 2. The molecule has 92 valence electrons. The number of carbonyl (C=O) groups is 1. The van der Waals surface area contributed by atoms with Gasteiger partial charge in [0, 0.05) is 6.54 Å². The van der Waals surface area contributed by atoms with Crippen LogP contribution in [0.15, 0.2) is 18.2 Å². The second-order valence-corrected chi connectivity index (χ2v) is 5.75. The number of carbonyl (C=O) groups excluding carboxylic acids is 1. The Labute approximate surface area is 103 Å². The zero-order valence-corrected chi connectivity index (χ0v) is 10.9. The Morgan fingerprint density at radius 3 is 2.65 bits per heavy atom. The summed E-state index contributed by atoms with van der Waals surface area (Å²) < 4.78 is 0. The van der Waals surface area contributed by atoms with Crippen molar-refractivity contribution >= 4 is 17.3 Å². The quantitative estimate of drug-likeness (QED) is 0.722. The van der Waals surface area contributed by atoms with Gasteiger partial charge in [0.15, 0.2) is 0 Å². The van der Waals surface area contributed by atoms with Crippen LogP contribution in [0.3, 0.4) is 0 Å². The standard InChI is InChI=1S/C14H20N2O/c1-9-8-15-12-10(14(2,3)4)6-5-7-11(12)16-13(9)17/h5-7,9,15H,8H2,1-4H3,(H,16,17). The third kappa shape index (κ3) is 2.28. The van der Waals surface area contributed by atoms with Gasteiger partial charge in [-0.1, -0.05) is 39.8 Å². The van der Waals surface area contributed by atoms with Crippen molar-refractivity contribution in [3.63, 3.8) is 0 Å². The number of nitrogens with one attached hydrogen (secondary N) is 2. The molecule has 1 heterocycles. The van der Waals surface area contributed by atoms with E-state index in [1.54, 1.807) is 0 Å². The zero-order chi connectivity index (χ0) is 12.6. The number of benzene rings is 1. The number of anilines is 2. The van der Waals surface area contributed by atoms with Crippen molar-refractivity contribution < 1.29 is 4.79 Å². The minimum Gasteiger partial charge on any atom is -0.382 e. The van der Waals surface area contributed by atoms with Crippen LogP contribution in [0.5, 0.6) is 0 Å². The van der Waals surface area contributed by atoms with Crippen LogP contribution in [0, 0.1) is 5.92 Å². The SMILES string of the molecule is CC1CNc2c(cccc2C(C)(C)C)NC1=O. The van der Waals surface area contributed by atoms with E-state index in [0.717, 1.165) is 11.4 Å². The first kappa shape index (κ1) is 12.0. The minimum absolute atomic E-state index is 0.00443. The fourth-order valence-electron chi connectivity index (χ4n) is 2.08. The van der Waals surface area contributed by atoms with Gasteiger partial charge in [0.25, 0.3) is 0 Å². The molecule has 1 amide bonds. The van der Waals surface area contributed by atoms with Crippen LogP contribution in [0.1, 0.15) is 33.3 Å². The molecule has 1 atom stereocenters. The average Bonchev–Trinajstić information content (AvgIpc) is 2.37. The van der Waals surface area contributed by atoms with Crippen LogP contribution in [-0.4, -0.2) is 12.5 Å². The summed E-state index contributed by atoms with van der Waals surface area (Å²) in [7, 11) is 0. The second-order valence-electron chi connectivity index (χ2n) is 5.75. The summed E-state index contributed by atoms with van der Waals surface area (Å²) in [5, 5.41) is 6.38. The predicted octanol–water partition coefficient (Wildman–Crippen LogP) is 2.98. The monoisotopic (exact) mass is 232 g/mol. The largest absolute Gasteiger partial charge is 0.382 e. The third-order valence-corrected chi connectivity index (χ3v) is 3.16. The van der Waals surface area contributed by atoms with Gasteiger partial charge in [-0.3, -0.25) is 4.79 Å². The predicted molar refractivity (Wildman–Crippen MR) is 71.4 cm³/mol. The van der Waals surface area contributed by atoms with Crippen LogP contribution in [0.25, 0.3) is 0 Å². The van der Waals surface area contributed by atoms with Gasteiger partial charge in [0.1, 0.15) is 0 Å². The lowest BCUT2D eigenvalue weighted by molar-refractivity contribution is -0.118. The highest BCUT2D eigenvalue weighted by Crippen LogP contribution is 2.36. The summed E-state index contributed by atoms with van der Waals surface area (Å²) >= 11 is 0. The van der Waals surface area contributed by atoms with E-state index in [0.29, 0.717) is 6.54 Å². The van der Waals surface area contributed by atoms with Crippen molar-refractivity contribution in [2.45, 2.75) is 33.1 Å². The molecule has 1 unspecified atom stereocenters. The Morgan fingerprint density at radius 2 is 2.00 bits per heavy atom. The van der Waals surface area contributed by atoms with Crippen molar-refractivity contribution in [3.05, 3.63) is 23.8 Å². The van der Waals surface area contributed by atoms with Crippen LogP contribution >= 0.6 is 0 Å². The lowest BCUT2D eigenvalue weighted by Gasteiger charge is -2.24. The highest BCUT2D eigenvalue weighted by atomic mass is 16.1. The first-order valence-electron chi connectivity index (χ1n) is 6.08. The molecule has 2 N–H and O–H groups in total. The van der Waals surface area contributed by atoms with Gasteiger partial charge < -0.3 is 10.6 Å². The summed E-state index contributed by atoms with van der Waals surface area (Å²) in [5.41, 5.74) is 3.27. The summed E-state index contributed by atoms with van der Waals surface area (Å²) in [4.78, 5) is 11.8. The van der Waals surface area contributed by atoms with Gasteiger partial charge in [-0.05, 0) is 17.0 Å². The van der Waals surface area contributed by atoms with E-state index in [-0.39, 0.29) is 17.2 Å². The first-order chi connectivity index (χ1) is 7.89. The molecule has 17 heavy (non-hydrogen) atoms. The van der Waals surface area contributed by atoms with Gasteiger partial charge in [-0.25, -0.2) is 0 Å². The Kier molecular flexibility index (Phi) is 2.86. The molecule has 0 radical (unpaired) electrons. The van der Waals surface area contributed by atoms with E-state index in [1.165, 1.54) is 5.56 Å². The smallest absolute Gasteiger partial charge is 0.229 e. The van der Waals surface area contributed by atoms with E-state index < -0.39 is 0 Å². The number of fused-ring (bicyclic) bond motifs is 1. The van der Waals surface area contributed by atoms with Gasteiger partial charge >= 0.3 is 0 Å². The molecular formula is C14H20N2O. The summed E-state index contributed by atoms with van der Waals surface area (Å²) in [6.07, 6.45) is 0. The molecule has 1 aromatic rings. The molecule has 1 aliphatic rings. The van der Waals surface area contributed by atoms with E-state index >= 15 is 0 Å². The highest BCUT2D eigenvalue weighted by molar-refractivity contribution is 5.98. The molecule has 1 aliphatic heterocycles. The van der Waals surface area contributed by atoms with Gasteiger partial charge in [-0.2, -0.15) is 0 Å². The molecule has 3 nitrogen and oxygen atoms in total. The summed E-state index contributed by atoms with van der Waals surface area (Å²) in [5.74, 6) is 0.0810. The first-order valence-corrected chi connectivity index (χ1v) is 6.08. The summed E-state index contributed by atoms with van der Waals surface area (Å²) in [6, 6.07) is 6.07. The van der Waals surface area contributed by atoms with Crippen molar-refractivity contribution in [1.29, 1.82) is 0 Å². The number of amides is 1. The molecule has 0 aliphatic carbocycles. The Balaban J connectivity index is 2.49. The molecule has 0 aromatic heterocycles. The second kappa shape index (κ2) is 4.06. The number of para-hydroxylation sites is 1. The van der Waals surface area contributed by atoms with Crippen molar-refractivity contribution in [1.82, 2.24) is 0 Å². The van der Waals surface area contributed by atoms with Gasteiger partial charge in [-0.15, -0.1) is 0 Å². The molecule has 0 saturated heterocycles. The van der Waals surface area contributed by atoms with Crippen LogP contribution in [-0.2, 0) is 10.2 Å². The van der Waals surface area contributed by atoms with Crippen molar-refractivity contribution in [2.24, 2.45) is 5.92 Å². The Hall–Kier alpha value is -1.51. The number of hydrogen-bond donors (Lipinski definition) is 2. The fraction of sp³-hybridized carbons (Fsp3) is 0.500. The van der Waals surface area contributed by atoms with E-state index in [9.17, 15) is 4.79 Å². The van der Waals surface area contributed by atoms with Gasteiger partial charge in [0.2, 0.25) is 5.91 Å². The lowest BCUT2D eigenvalue weighted by Crippen LogP contribution is -2.22. The molecule has 0 bridgehead atoms. The van der Waals surface area contributed by atoms with Crippen molar-refractivity contribution in [3.8, 4) is 0 Å². The topological polar surface area (TPSA) is 41.1 Å². The number of rotatable bonds is 0. The molecule has 1 aromatic carbocycles. The third-order valence-electron chi connectivity index (χ3n) is 3.16. The maximum absolute atomic E-state index is 11.8. The zero-order valence-electron chi connectivity index (χ0n) is 10.9. The average molecular weight is 232 g/mol. The van der Waals surface area contributed by atoms with E-state index in [1.807, 2.05) is 19.1 Å². The molecule has 0 spiro atoms. The molecule has 0 fully saturated rings. The lowest BCUT2D eigenvalue weighted by atomic mass is 9.85. The molecular weight excluding hydrogens is 212 g/mol. The van der Waals surface area contributed by atoms with Gasteiger partial charge in [0.05, 0.1) is 17.3 Å². The molecule has 3 heteroatoms. The Bertz CT molecular complexity index is 446. The van der Waals surface area contributed by atoms with Crippen LogP contribution < -0.4 is 10.6 Å². The van der Waals surface area contributed by atoms with E-state index in [2.05, 4.69) is 37.5 Å². The Morgan fingerprint density at radius 1 is 1.29 bits per heavy atom. The summed E-state index contributed by atoms with van der Waals surface area (Å²) in [6.45, 7) is 9.16.